The number of hydrogen-bond donors (Lipinski definition) is 2. The molecule has 0 radical (unpaired) electrons. The van der Waals surface area contributed by atoms with E-state index in [-0.39, 0.29) is 16.8 Å². The summed E-state index contributed by atoms with van der Waals surface area (Å²) in [6, 6.07) is 9.84. The molecule has 1 aromatic heterocycles. The number of H-pyrrole nitrogens is 1. The van der Waals surface area contributed by atoms with Crippen LogP contribution in [0.2, 0.25) is 0 Å². The van der Waals surface area contributed by atoms with Gasteiger partial charge in [-0.25, -0.2) is 4.79 Å². The van der Waals surface area contributed by atoms with Crippen LogP contribution in [0.5, 0.6) is 0 Å². The van der Waals surface area contributed by atoms with Gasteiger partial charge >= 0.3 is 5.97 Å². The molecule has 0 aliphatic rings. The van der Waals surface area contributed by atoms with Crippen molar-refractivity contribution >= 4 is 5.97 Å². The SMILES string of the molecule is Cc1ccc(-c2[nH]c(=O)c(C#N)cc2C(=O)O)cc1. The highest BCUT2D eigenvalue weighted by atomic mass is 16.4. The second kappa shape index (κ2) is 4.78. The van der Waals surface area contributed by atoms with Crippen LogP contribution in [0.1, 0.15) is 21.5 Å². The zero-order valence-electron chi connectivity index (χ0n) is 10.1. The number of nitriles is 1. The predicted octanol–water partition coefficient (Wildman–Crippen LogP) is 1.92. The maximum atomic E-state index is 11.6. The molecule has 19 heavy (non-hydrogen) atoms. The molecule has 0 saturated carbocycles. The Labute approximate surface area is 108 Å². The van der Waals surface area contributed by atoms with Crippen molar-refractivity contribution in [2.24, 2.45) is 0 Å². The van der Waals surface area contributed by atoms with Crippen molar-refractivity contribution in [1.29, 1.82) is 5.26 Å². The number of aryl methyl sites for hydroxylation is 1. The number of aromatic amines is 1. The molecule has 0 atom stereocenters. The number of nitrogens with one attached hydrogen (secondary N) is 1. The minimum atomic E-state index is -1.19. The highest BCUT2D eigenvalue weighted by molar-refractivity contribution is 5.95. The number of hydrogen-bond acceptors (Lipinski definition) is 3. The molecular weight excluding hydrogens is 244 g/mol. The second-order valence-electron chi connectivity index (χ2n) is 4.08. The van der Waals surface area contributed by atoms with Crippen LogP contribution < -0.4 is 5.56 Å². The number of nitrogens with zero attached hydrogens (tertiary/aromatic N) is 1. The van der Waals surface area contributed by atoms with Gasteiger partial charge in [0.2, 0.25) is 0 Å². The van der Waals surface area contributed by atoms with Crippen molar-refractivity contribution in [3.8, 4) is 17.3 Å². The van der Waals surface area contributed by atoms with Crippen LogP contribution in [-0.2, 0) is 0 Å². The van der Waals surface area contributed by atoms with E-state index in [9.17, 15) is 9.59 Å². The predicted molar refractivity (Wildman–Crippen MR) is 68.9 cm³/mol. The van der Waals surface area contributed by atoms with Crippen molar-refractivity contribution in [3.63, 3.8) is 0 Å². The Morgan fingerprint density at radius 3 is 2.47 bits per heavy atom. The van der Waals surface area contributed by atoms with E-state index < -0.39 is 11.5 Å². The number of aromatic nitrogens is 1. The summed E-state index contributed by atoms with van der Waals surface area (Å²) in [7, 11) is 0. The summed E-state index contributed by atoms with van der Waals surface area (Å²) in [5, 5.41) is 17.9. The maximum Gasteiger partial charge on any atom is 0.337 e. The average Bonchev–Trinajstić information content (AvgIpc) is 2.39. The molecule has 2 N–H and O–H groups in total. The van der Waals surface area contributed by atoms with Gasteiger partial charge in [-0.3, -0.25) is 4.79 Å². The zero-order valence-corrected chi connectivity index (χ0v) is 10.1. The molecule has 2 aromatic rings. The Kier molecular flexibility index (Phi) is 3.17. The van der Waals surface area contributed by atoms with Gasteiger partial charge in [-0.05, 0) is 18.6 Å². The fraction of sp³-hybridized carbons (Fsp3) is 0.0714. The molecule has 94 valence electrons. The molecule has 2 rings (SSSR count). The second-order valence-corrected chi connectivity index (χ2v) is 4.08. The molecule has 0 fully saturated rings. The fourth-order valence-electron chi connectivity index (χ4n) is 1.73. The Morgan fingerprint density at radius 1 is 1.32 bits per heavy atom. The smallest absolute Gasteiger partial charge is 0.337 e. The summed E-state index contributed by atoms with van der Waals surface area (Å²) >= 11 is 0. The minimum Gasteiger partial charge on any atom is -0.478 e. The summed E-state index contributed by atoms with van der Waals surface area (Å²) in [5.41, 5.74) is 0.911. The first-order valence-corrected chi connectivity index (χ1v) is 5.50. The lowest BCUT2D eigenvalue weighted by atomic mass is 10.0. The van der Waals surface area contributed by atoms with E-state index in [1.807, 2.05) is 19.1 Å². The summed E-state index contributed by atoms with van der Waals surface area (Å²) < 4.78 is 0. The molecule has 1 aromatic carbocycles. The van der Waals surface area contributed by atoms with Crippen LogP contribution in [0.3, 0.4) is 0 Å². The summed E-state index contributed by atoms with van der Waals surface area (Å²) in [6.07, 6.45) is 0. The molecular formula is C14H10N2O3. The Balaban J connectivity index is 2.72. The molecule has 0 bridgehead atoms. The van der Waals surface area contributed by atoms with Gasteiger partial charge in [0.25, 0.3) is 5.56 Å². The highest BCUT2D eigenvalue weighted by Crippen LogP contribution is 2.21. The molecule has 0 amide bonds. The van der Waals surface area contributed by atoms with Gasteiger partial charge in [0.05, 0.1) is 11.3 Å². The van der Waals surface area contributed by atoms with Crippen molar-refractivity contribution in [3.05, 3.63) is 57.4 Å². The first-order chi connectivity index (χ1) is 9.02. The molecule has 1 heterocycles. The van der Waals surface area contributed by atoms with Crippen LogP contribution >= 0.6 is 0 Å². The van der Waals surface area contributed by atoms with Crippen LogP contribution in [0.15, 0.2) is 35.1 Å². The lowest BCUT2D eigenvalue weighted by Crippen LogP contribution is -2.15. The first kappa shape index (κ1) is 12.6. The molecule has 0 spiro atoms. The van der Waals surface area contributed by atoms with E-state index in [2.05, 4.69) is 4.98 Å². The van der Waals surface area contributed by atoms with E-state index in [0.29, 0.717) is 5.56 Å². The van der Waals surface area contributed by atoms with E-state index in [1.165, 1.54) is 0 Å². The van der Waals surface area contributed by atoms with Crippen molar-refractivity contribution in [2.75, 3.05) is 0 Å². The Bertz CT molecular complexity index is 737. The highest BCUT2D eigenvalue weighted by Gasteiger charge is 2.15. The van der Waals surface area contributed by atoms with E-state index in [0.717, 1.165) is 11.6 Å². The van der Waals surface area contributed by atoms with Gasteiger partial charge in [-0.2, -0.15) is 5.26 Å². The van der Waals surface area contributed by atoms with Gasteiger partial charge in [-0.15, -0.1) is 0 Å². The fourth-order valence-corrected chi connectivity index (χ4v) is 1.73. The summed E-state index contributed by atoms with van der Waals surface area (Å²) in [5.74, 6) is -1.19. The topological polar surface area (TPSA) is 94.0 Å². The van der Waals surface area contributed by atoms with E-state index in [4.69, 9.17) is 10.4 Å². The maximum absolute atomic E-state index is 11.6. The van der Waals surface area contributed by atoms with Gasteiger partial charge in [0.15, 0.2) is 0 Å². The largest absolute Gasteiger partial charge is 0.478 e. The third-order valence-electron chi connectivity index (χ3n) is 2.73. The van der Waals surface area contributed by atoms with Gasteiger partial charge in [0, 0.05) is 0 Å². The van der Waals surface area contributed by atoms with Crippen molar-refractivity contribution in [2.45, 2.75) is 6.92 Å². The number of carbonyl (C=O) groups is 1. The quantitative estimate of drug-likeness (QED) is 0.856. The normalized spacial score (nSPS) is 9.89. The Hall–Kier alpha value is -2.87. The number of rotatable bonds is 2. The van der Waals surface area contributed by atoms with E-state index >= 15 is 0 Å². The third-order valence-corrected chi connectivity index (χ3v) is 2.73. The summed E-state index contributed by atoms with van der Waals surface area (Å²) in [6.45, 7) is 1.91. The monoisotopic (exact) mass is 254 g/mol. The first-order valence-electron chi connectivity index (χ1n) is 5.50. The third kappa shape index (κ3) is 2.38. The van der Waals surface area contributed by atoms with Gasteiger partial charge < -0.3 is 10.1 Å². The minimum absolute atomic E-state index is 0.0972. The molecule has 0 aliphatic carbocycles. The molecule has 5 heteroatoms. The molecule has 0 unspecified atom stereocenters. The lowest BCUT2D eigenvalue weighted by Gasteiger charge is -2.07. The number of carboxylic acids is 1. The van der Waals surface area contributed by atoms with Gasteiger partial charge in [0.1, 0.15) is 11.6 Å². The van der Waals surface area contributed by atoms with Crippen LogP contribution in [-0.4, -0.2) is 16.1 Å². The Morgan fingerprint density at radius 2 is 1.95 bits per heavy atom. The number of pyridine rings is 1. The lowest BCUT2D eigenvalue weighted by molar-refractivity contribution is 0.0697. The molecule has 0 aliphatic heterocycles. The van der Waals surface area contributed by atoms with Crippen molar-refractivity contribution < 1.29 is 9.90 Å². The average molecular weight is 254 g/mol. The van der Waals surface area contributed by atoms with E-state index in [1.54, 1.807) is 18.2 Å². The standard InChI is InChI=1S/C14H10N2O3/c1-8-2-4-9(5-3-8)12-11(14(18)19)6-10(7-15)13(17)16-12/h2-6H,1H3,(H,16,17)(H,18,19). The molecule has 0 saturated heterocycles. The number of aromatic carboxylic acids is 1. The number of carboxylic acid groups (broad SMARTS) is 1. The zero-order chi connectivity index (χ0) is 14.0. The van der Waals surface area contributed by atoms with Crippen LogP contribution in [0, 0.1) is 18.3 Å². The molecule has 5 nitrogen and oxygen atoms in total. The van der Waals surface area contributed by atoms with Crippen molar-refractivity contribution in [1.82, 2.24) is 4.98 Å². The van der Waals surface area contributed by atoms with Crippen LogP contribution in [0.4, 0.5) is 0 Å². The van der Waals surface area contributed by atoms with Gasteiger partial charge in [-0.1, -0.05) is 29.8 Å². The summed E-state index contributed by atoms with van der Waals surface area (Å²) in [4.78, 5) is 25.3. The van der Waals surface area contributed by atoms with Crippen LogP contribution in [0.25, 0.3) is 11.3 Å². The number of benzene rings is 1.